The van der Waals surface area contributed by atoms with E-state index in [1.54, 1.807) is 42.9 Å². The number of amides is 1. The van der Waals surface area contributed by atoms with Gasteiger partial charge in [0, 0.05) is 48.7 Å². The maximum absolute atomic E-state index is 13.6. The molecule has 2 aromatic heterocycles. The topological polar surface area (TPSA) is 129 Å². The summed E-state index contributed by atoms with van der Waals surface area (Å²) in [6.07, 6.45) is -3.21. The van der Waals surface area contributed by atoms with Gasteiger partial charge in [0.2, 0.25) is 0 Å². The highest BCUT2D eigenvalue weighted by atomic mass is 19.4. The standard InChI is InChI=1S/C28H31F3N8O2/c1-16-5-6-22(11-23(16)37-26-7-17(2)38-39(26)25-12-24(32-4)34-15-35-25)36-27(41)20-8-19(13-33-18(3)14-40)9-21(10-20)28(29,30)31/h5-12,15,18,33,37,40H,13-14H2,1-4H3,(H,36,41)(H,32,34,35)/t18-/m1/s1. The highest BCUT2D eigenvalue weighted by Crippen LogP contribution is 2.31. The van der Waals surface area contributed by atoms with Gasteiger partial charge in [0.25, 0.3) is 5.91 Å². The molecule has 1 amide bonds. The zero-order valence-corrected chi connectivity index (χ0v) is 23.0. The molecule has 10 nitrogen and oxygen atoms in total. The van der Waals surface area contributed by atoms with Crippen LogP contribution < -0.4 is 21.3 Å². The van der Waals surface area contributed by atoms with Gasteiger partial charge in [0.05, 0.1) is 17.9 Å². The Hall–Kier alpha value is -4.49. The third kappa shape index (κ3) is 7.38. The number of alkyl halides is 3. The van der Waals surface area contributed by atoms with Gasteiger partial charge in [0.1, 0.15) is 18.0 Å². The van der Waals surface area contributed by atoms with Crippen LogP contribution in [0.15, 0.2) is 54.9 Å². The fourth-order valence-electron chi connectivity index (χ4n) is 3.98. The Morgan fingerprint density at radius 3 is 2.56 bits per heavy atom. The van der Waals surface area contributed by atoms with Crippen LogP contribution in [-0.2, 0) is 12.7 Å². The number of rotatable bonds is 10. The summed E-state index contributed by atoms with van der Waals surface area (Å²) in [7, 11) is 1.75. The van der Waals surface area contributed by atoms with E-state index in [4.69, 9.17) is 0 Å². The number of hydrogen-bond donors (Lipinski definition) is 5. The molecule has 2 heterocycles. The molecule has 13 heteroatoms. The van der Waals surface area contributed by atoms with Crippen LogP contribution in [-0.4, -0.2) is 50.5 Å². The third-order valence-electron chi connectivity index (χ3n) is 6.23. The lowest BCUT2D eigenvalue weighted by Crippen LogP contribution is -2.29. The quantitative estimate of drug-likeness (QED) is 0.184. The van der Waals surface area contributed by atoms with E-state index in [-0.39, 0.29) is 30.3 Å². The predicted molar refractivity (Wildman–Crippen MR) is 151 cm³/mol. The van der Waals surface area contributed by atoms with Crippen molar-refractivity contribution in [2.45, 2.75) is 39.5 Å². The van der Waals surface area contributed by atoms with Crippen LogP contribution in [0, 0.1) is 13.8 Å². The highest BCUT2D eigenvalue weighted by molar-refractivity contribution is 6.04. The van der Waals surface area contributed by atoms with Crippen LogP contribution in [0.4, 0.5) is 36.2 Å². The Balaban J connectivity index is 1.59. The average molecular weight is 569 g/mol. The van der Waals surface area contributed by atoms with Gasteiger partial charge in [0.15, 0.2) is 5.82 Å². The molecule has 4 aromatic rings. The van der Waals surface area contributed by atoms with Crippen LogP contribution in [0.3, 0.4) is 0 Å². The highest BCUT2D eigenvalue weighted by Gasteiger charge is 2.32. The van der Waals surface area contributed by atoms with Crippen molar-refractivity contribution < 1.29 is 23.1 Å². The molecule has 0 saturated carbocycles. The Labute approximate surface area is 235 Å². The van der Waals surface area contributed by atoms with Crippen LogP contribution in [0.2, 0.25) is 0 Å². The number of nitrogens with one attached hydrogen (secondary N) is 4. The number of carbonyl (C=O) groups excluding carboxylic acids is 1. The van der Waals surface area contributed by atoms with E-state index in [1.807, 2.05) is 19.9 Å². The monoisotopic (exact) mass is 568 g/mol. The summed E-state index contributed by atoms with van der Waals surface area (Å²) < 4.78 is 42.4. The van der Waals surface area contributed by atoms with Crippen molar-refractivity contribution in [3.05, 3.63) is 82.8 Å². The molecular formula is C28H31F3N8O2. The third-order valence-corrected chi connectivity index (χ3v) is 6.23. The molecule has 0 unspecified atom stereocenters. The molecule has 41 heavy (non-hydrogen) atoms. The first-order valence-electron chi connectivity index (χ1n) is 12.8. The van der Waals surface area contributed by atoms with E-state index in [1.165, 1.54) is 12.4 Å². The number of aliphatic hydroxyl groups is 1. The molecule has 0 aliphatic carbocycles. The lowest BCUT2D eigenvalue weighted by molar-refractivity contribution is -0.137. The molecule has 0 radical (unpaired) electrons. The Kier molecular flexibility index (Phi) is 8.89. The Bertz CT molecular complexity index is 1540. The largest absolute Gasteiger partial charge is 0.416 e. The second kappa shape index (κ2) is 12.4. The summed E-state index contributed by atoms with van der Waals surface area (Å²) in [5.74, 6) is 1.07. The molecule has 216 valence electrons. The van der Waals surface area contributed by atoms with Crippen molar-refractivity contribution in [2.75, 3.05) is 29.6 Å². The number of aliphatic hydroxyl groups excluding tert-OH is 1. The Morgan fingerprint density at radius 1 is 1.07 bits per heavy atom. The Morgan fingerprint density at radius 2 is 1.85 bits per heavy atom. The van der Waals surface area contributed by atoms with Crippen molar-refractivity contribution in [1.82, 2.24) is 25.1 Å². The first-order chi connectivity index (χ1) is 19.5. The van der Waals surface area contributed by atoms with Crippen molar-refractivity contribution in [1.29, 1.82) is 0 Å². The SMILES string of the molecule is CNc1cc(-n2nc(C)cc2Nc2cc(NC(=O)c3cc(CN[C@H](C)CO)cc(C(F)(F)F)c3)ccc2C)ncn1. The lowest BCUT2D eigenvalue weighted by atomic mass is 10.0. The number of anilines is 4. The average Bonchev–Trinajstić information content (AvgIpc) is 3.32. The number of aromatic nitrogens is 4. The van der Waals surface area contributed by atoms with Crippen LogP contribution >= 0.6 is 0 Å². The van der Waals surface area contributed by atoms with Crippen LogP contribution in [0.5, 0.6) is 0 Å². The van der Waals surface area contributed by atoms with E-state index < -0.39 is 17.6 Å². The second-order valence-corrected chi connectivity index (χ2v) is 9.58. The van der Waals surface area contributed by atoms with Gasteiger partial charge in [-0.15, -0.1) is 0 Å². The van der Waals surface area contributed by atoms with Gasteiger partial charge in [-0.25, -0.2) is 9.97 Å². The summed E-state index contributed by atoms with van der Waals surface area (Å²) in [5, 5.41) is 25.6. The molecule has 0 aliphatic heterocycles. The van der Waals surface area contributed by atoms with Crippen LogP contribution in [0.25, 0.3) is 5.82 Å². The van der Waals surface area contributed by atoms with Crippen LogP contribution in [0.1, 0.15) is 39.7 Å². The van der Waals surface area contributed by atoms with Gasteiger partial charge < -0.3 is 26.4 Å². The minimum absolute atomic E-state index is 0.0553. The summed E-state index contributed by atoms with van der Waals surface area (Å²) in [6.45, 7) is 5.30. The van der Waals surface area contributed by atoms with Gasteiger partial charge in [-0.1, -0.05) is 6.07 Å². The minimum Gasteiger partial charge on any atom is -0.395 e. The molecular weight excluding hydrogens is 537 g/mol. The molecule has 0 aliphatic rings. The molecule has 4 rings (SSSR count). The van der Waals surface area contributed by atoms with Crippen molar-refractivity contribution >= 4 is 28.9 Å². The normalized spacial score (nSPS) is 12.2. The smallest absolute Gasteiger partial charge is 0.395 e. The summed E-state index contributed by atoms with van der Waals surface area (Å²) in [4.78, 5) is 21.5. The molecule has 1 atom stereocenters. The minimum atomic E-state index is -4.63. The lowest BCUT2D eigenvalue weighted by Gasteiger charge is -2.16. The first-order valence-corrected chi connectivity index (χ1v) is 12.8. The fourth-order valence-corrected chi connectivity index (χ4v) is 3.98. The fraction of sp³-hybridized carbons (Fsp3) is 0.286. The van der Waals surface area contributed by atoms with Gasteiger partial charge >= 0.3 is 6.18 Å². The van der Waals surface area contributed by atoms with Crippen molar-refractivity contribution in [3.8, 4) is 5.82 Å². The maximum atomic E-state index is 13.6. The van der Waals surface area contributed by atoms with Crippen molar-refractivity contribution in [2.24, 2.45) is 0 Å². The molecule has 5 N–H and O–H groups in total. The maximum Gasteiger partial charge on any atom is 0.416 e. The number of carbonyl (C=O) groups is 1. The van der Waals surface area contributed by atoms with Gasteiger partial charge in [-0.2, -0.15) is 23.0 Å². The second-order valence-electron chi connectivity index (χ2n) is 9.58. The number of hydrogen-bond acceptors (Lipinski definition) is 8. The van der Waals surface area contributed by atoms with Crippen molar-refractivity contribution in [3.63, 3.8) is 0 Å². The van der Waals surface area contributed by atoms with E-state index in [0.717, 1.165) is 23.4 Å². The number of aryl methyl sites for hydroxylation is 2. The molecule has 0 spiro atoms. The molecule has 0 saturated heterocycles. The summed E-state index contributed by atoms with van der Waals surface area (Å²) in [5.41, 5.74) is 1.84. The molecule has 0 bridgehead atoms. The van der Waals surface area contributed by atoms with E-state index in [9.17, 15) is 23.1 Å². The molecule has 0 fully saturated rings. The summed E-state index contributed by atoms with van der Waals surface area (Å²) >= 11 is 0. The first kappa shape index (κ1) is 29.5. The number of nitrogens with zero attached hydrogens (tertiary/aromatic N) is 4. The number of benzene rings is 2. The zero-order chi connectivity index (χ0) is 29.7. The summed E-state index contributed by atoms with van der Waals surface area (Å²) in [6, 6.07) is 11.6. The van der Waals surface area contributed by atoms with E-state index >= 15 is 0 Å². The predicted octanol–water partition coefficient (Wildman–Crippen LogP) is 4.81. The van der Waals surface area contributed by atoms with Gasteiger partial charge in [-0.3, -0.25) is 4.79 Å². The number of halogens is 3. The van der Waals surface area contributed by atoms with E-state index in [2.05, 4.69) is 36.3 Å². The van der Waals surface area contributed by atoms with E-state index in [0.29, 0.717) is 28.8 Å². The molecule has 2 aromatic carbocycles. The zero-order valence-electron chi connectivity index (χ0n) is 23.0. The van der Waals surface area contributed by atoms with Gasteiger partial charge in [-0.05, 0) is 62.2 Å².